The number of carbonyl (C=O) groups is 1. The van der Waals surface area contributed by atoms with Gasteiger partial charge in [0.1, 0.15) is 0 Å². The third kappa shape index (κ3) is 4.39. The lowest BCUT2D eigenvalue weighted by Gasteiger charge is -2.20. The largest absolute Gasteiger partial charge is 0.321 e. The highest BCUT2D eigenvalue weighted by molar-refractivity contribution is 7.92. The Morgan fingerprint density at radius 1 is 0.900 bits per heavy atom. The van der Waals surface area contributed by atoms with E-state index in [1.165, 1.54) is 11.4 Å². The van der Waals surface area contributed by atoms with Crippen molar-refractivity contribution in [3.05, 3.63) is 89.5 Å². The van der Waals surface area contributed by atoms with Crippen molar-refractivity contribution in [1.82, 2.24) is 0 Å². The summed E-state index contributed by atoms with van der Waals surface area (Å²) in [6, 6.07) is 20.8. The molecule has 3 aromatic rings. The molecule has 30 heavy (non-hydrogen) atoms. The van der Waals surface area contributed by atoms with Gasteiger partial charge >= 0.3 is 0 Å². The van der Waals surface area contributed by atoms with Crippen LogP contribution in [0.25, 0.3) is 0 Å². The molecule has 156 valence electrons. The Hall–Kier alpha value is -3.12. The summed E-state index contributed by atoms with van der Waals surface area (Å²) in [7, 11) is -2.16. The van der Waals surface area contributed by atoms with Crippen molar-refractivity contribution in [3.63, 3.8) is 0 Å². The van der Waals surface area contributed by atoms with Crippen LogP contribution in [0.4, 0.5) is 11.4 Å². The lowest BCUT2D eigenvalue weighted by atomic mass is 9.98. The molecule has 0 aromatic heterocycles. The van der Waals surface area contributed by atoms with Gasteiger partial charge in [0, 0.05) is 18.3 Å². The zero-order chi connectivity index (χ0) is 21.9. The van der Waals surface area contributed by atoms with Crippen LogP contribution in [0.1, 0.15) is 41.3 Å². The fourth-order valence-corrected chi connectivity index (χ4v) is 4.46. The first-order valence-electron chi connectivity index (χ1n) is 9.76. The summed E-state index contributed by atoms with van der Waals surface area (Å²) < 4.78 is 26.8. The predicted octanol–water partition coefficient (Wildman–Crippen LogP) is 5.20. The first kappa shape index (κ1) is 21.6. The highest BCUT2D eigenvalue weighted by atomic mass is 32.2. The second-order valence-electron chi connectivity index (χ2n) is 7.48. The minimum atomic E-state index is -3.66. The zero-order valence-electron chi connectivity index (χ0n) is 17.6. The highest BCUT2D eigenvalue weighted by Crippen LogP contribution is 2.28. The minimum Gasteiger partial charge on any atom is -0.321 e. The molecule has 1 amide bonds. The van der Waals surface area contributed by atoms with Gasteiger partial charge in [-0.05, 0) is 60.4 Å². The lowest BCUT2D eigenvalue weighted by molar-refractivity contribution is 0.102. The number of carbonyl (C=O) groups excluding carboxylic acids is 1. The summed E-state index contributed by atoms with van der Waals surface area (Å²) in [5.41, 5.74) is 3.84. The fraction of sp³-hybridized carbons (Fsp3) is 0.208. The molecule has 0 aliphatic rings. The molecule has 0 atom stereocenters. The fourth-order valence-electron chi connectivity index (χ4n) is 3.24. The summed E-state index contributed by atoms with van der Waals surface area (Å²) in [5.74, 6) is 0.0470. The second kappa shape index (κ2) is 8.71. The number of aryl methyl sites for hydroxylation is 1. The average Bonchev–Trinajstić information content (AvgIpc) is 2.75. The van der Waals surface area contributed by atoms with Gasteiger partial charge in [0.25, 0.3) is 15.9 Å². The molecular formula is C24H26N2O3S. The number of nitrogens with zero attached hydrogens (tertiary/aromatic N) is 1. The number of sulfonamides is 1. The smallest absolute Gasteiger partial charge is 0.264 e. The van der Waals surface area contributed by atoms with Crippen LogP contribution in [-0.4, -0.2) is 21.4 Å². The van der Waals surface area contributed by atoms with Crippen LogP contribution in [0.2, 0.25) is 0 Å². The van der Waals surface area contributed by atoms with Gasteiger partial charge in [0.2, 0.25) is 0 Å². The maximum atomic E-state index is 12.8. The van der Waals surface area contributed by atoms with E-state index in [1.54, 1.807) is 54.6 Å². The molecule has 0 unspecified atom stereocenters. The molecule has 0 aliphatic carbocycles. The molecule has 0 saturated carbocycles. The van der Waals surface area contributed by atoms with E-state index in [1.807, 2.05) is 25.1 Å². The standard InChI is InChI=1S/C24H26N2O3S/c1-17(2)22-12-8-9-18(3)23(22)25-24(27)19-13-15-20(16-14-19)26(4)30(28,29)21-10-6-5-7-11-21/h5-17H,1-4H3,(H,25,27). The van der Waals surface area contributed by atoms with Crippen molar-refractivity contribution >= 4 is 27.3 Å². The van der Waals surface area contributed by atoms with Crippen molar-refractivity contribution in [2.75, 3.05) is 16.7 Å². The molecule has 0 heterocycles. The van der Waals surface area contributed by atoms with Crippen LogP contribution < -0.4 is 9.62 Å². The Labute approximate surface area is 178 Å². The lowest BCUT2D eigenvalue weighted by Crippen LogP contribution is -2.26. The van der Waals surface area contributed by atoms with Gasteiger partial charge in [-0.2, -0.15) is 0 Å². The van der Waals surface area contributed by atoms with E-state index >= 15 is 0 Å². The number of para-hydroxylation sites is 1. The van der Waals surface area contributed by atoms with Crippen molar-refractivity contribution in [3.8, 4) is 0 Å². The molecule has 3 rings (SSSR count). The molecule has 0 radical (unpaired) electrons. The van der Waals surface area contributed by atoms with Gasteiger partial charge < -0.3 is 5.32 Å². The van der Waals surface area contributed by atoms with Crippen molar-refractivity contribution in [2.45, 2.75) is 31.6 Å². The summed E-state index contributed by atoms with van der Waals surface area (Å²) in [6.07, 6.45) is 0. The number of rotatable bonds is 6. The van der Waals surface area contributed by atoms with E-state index in [9.17, 15) is 13.2 Å². The van der Waals surface area contributed by atoms with Gasteiger partial charge in [-0.3, -0.25) is 9.10 Å². The van der Waals surface area contributed by atoms with Crippen LogP contribution in [0.5, 0.6) is 0 Å². The Morgan fingerprint density at radius 2 is 1.53 bits per heavy atom. The first-order chi connectivity index (χ1) is 14.2. The van der Waals surface area contributed by atoms with E-state index in [4.69, 9.17) is 0 Å². The normalized spacial score (nSPS) is 11.4. The molecule has 0 bridgehead atoms. The molecular weight excluding hydrogens is 396 g/mol. The topological polar surface area (TPSA) is 66.5 Å². The Morgan fingerprint density at radius 3 is 2.13 bits per heavy atom. The van der Waals surface area contributed by atoms with Gasteiger partial charge in [0.05, 0.1) is 10.6 Å². The third-order valence-corrected chi connectivity index (χ3v) is 6.86. The second-order valence-corrected chi connectivity index (χ2v) is 9.45. The quantitative estimate of drug-likeness (QED) is 0.594. The van der Waals surface area contributed by atoms with E-state index in [-0.39, 0.29) is 16.7 Å². The number of anilines is 2. The maximum absolute atomic E-state index is 12.8. The predicted molar refractivity (Wildman–Crippen MR) is 122 cm³/mol. The summed E-state index contributed by atoms with van der Waals surface area (Å²) in [5, 5.41) is 3.01. The SMILES string of the molecule is Cc1cccc(C(C)C)c1NC(=O)c1ccc(N(C)S(=O)(=O)c2ccccc2)cc1. The summed E-state index contributed by atoms with van der Waals surface area (Å²) in [6.45, 7) is 6.14. The molecule has 0 aliphatic heterocycles. The van der Waals surface area contributed by atoms with E-state index in [0.717, 1.165) is 16.8 Å². The number of nitrogens with one attached hydrogen (secondary N) is 1. The Bertz CT molecular complexity index is 1140. The first-order valence-corrected chi connectivity index (χ1v) is 11.2. The van der Waals surface area contributed by atoms with Crippen LogP contribution in [-0.2, 0) is 10.0 Å². The Kier molecular flexibility index (Phi) is 6.27. The molecule has 6 heteroatoms. The van der Waals surface area contributed by atoms with Gasteiger partial charge in [0.15, 0.2) is 0 Å². The summed E-state index contributed by atoms with van der Waals surface area (Å²) >= 11 is 0. The molecule has 0 saturated heterocycles. The van der Waals surface area contributed by atoms with Gasteiger partial charge in [-0.15, -0.1) is 0 Å². The third-order valence-electron chi connectivity index (χ3n) is 5.06. The van der Waals surface area contributed by atoms with Crippen LogP contribution in [0, 0.1) is 6.92 Å². The minimum absolute atomic E-state index is 0.218. The van der Waals surface area contributed by atoms with Crippen molar-refractivity contribution in [1.29, 1.82) is 0 Å². The molecule has 1 N–H and O–H groups in total. The Balaban J connectivity index is 1.82. The highest BCUT2D eigenvalue weighted by Gasteiger charge is 2.21. The molecule has 0 fully saturated rings. The van der Waals surface area contributed by atoms with E-state index in [0.29, 0.717) is 11.3 Å². The van der Waals surface area contributed by atoms with Crippen LogP contribution in [0.15, 0.2) is 77.7 Å². The monoisotopic (exact) mass is 422 g/mol. The molecule has 0 spiro atoms. The molecule has 3 aromatic carbocycles. The number of benzene rings is 3. The number of hydrogen-bond donors (Lipinski definition) is 1. The average molecular weight is 423 g/mol. The van der Waals surface area contributed by atoms with E-state index in [2.05, 4.69) is 19.2 Å². The number of hydrogen-bond acceptors (Lipinski definition) is 3. The van der Waals surface area contributed by atoms with Crippen molar-refractivity contribution in [2.24, 2.45) is 0 Å². The van der Waals surface area contributed by atoms with E-state index < -0.39 is 10.0 Å². The summed E-state index contributed by atoms with van der Waals surface area (Å²) in [4.78, 5) is 13.0. The van der Waals surface area contributed by atoms with Crippen molar-refractivity contribution < 1.29 is 13.2 Å². The number of amides is 1. The molecule has 5 nitrogen and oxygen atoms in total. The maximum Gasteiger partial charge on any atom is 0.264 e. The van der Waals surface area contributed by atoms with Gasteiger partial charge in [-0.1, -0.05) is 50.2 Å². The van der Waals surface area contributed by atoms with Gasteiger partial charge in [-0.25, -0.2) is 8.42 Å². The van der Waals surface area contributed by atoms with Crippen LogP contribution >= 0.6 is 0 Å². The zero-order valence-corrected chi connectivity index (χ0v) is 18.4. The van der Waals surface area contributed by atoms with Crippen LogP contribution in [0.3, 0.4) is 0 Å².